The first kappa shape index (κ1) is 21.3. The number of aliphatic hydroxyl groups excluding tert-OH is 1. The average Bonchev–Trinajstić information content (AvgIpc) is 3.18. The second kappa shape index (κ2) is 8.14. The number of hydrogen-bond acceptors (Lipinski definition) is 6. The summed E-state index contributed by atoms with van der Waals surface area (Å²) in [6, 6.07) is 4.19. The van der Waals surface area contributed by atoms with Crippen molar-refractivity contribution < 1.29 is 27.5 Å². The Morgan fingerprint density at radius 3 is 2.63 bits per heavy atom. The highest BCUT2D eigenvalue weighted by molar-refractivity contribution is 5.96. The van der Waals surface area contributed by atoms with Gasteiger partial charge < -0.3 is 10.4 Å². The monoisotopic (exact) mass is 424 g/mol. The van der Waals surface area contributed by atoms with Gasteiger partial charge >= 0.3 is 6.18 Å². The Hall–Kier alpha value is -3.41. The van der Waals surface area contributed by atoms with Crippen LogP contribution in [0.25, 0.3) is 16.9 Å². The number of alkyl halides is 3. The van der Waals surface area contributed by atoms with E-state index in [4.69, 9.17) is 5.11 Å². The van der Waals surface area contributed by atoms with E-state index in [1.54, 1.807) is 6.92 Å². The predicted molar refractivity (Wildman–Crippen MR) is 96.1 cm³/mol. The third-order valence-corrected chi connectivity index (χ3v) is 4.05. The molecule has 3 aromatic rings. The van der Waals surface area contributed by atoms with Crippen molar-refractivity contribution in [3.8, 4) is 16.9 Å². The van der Waals surface area contributed by atoms with Crippen LogP contribution in [0.1, 0.15) is 28.7 Å². The minimum Gasteiger partial charge on any atom is -0.394 e. The van der Waals surface area contributed by atoms with E-state index in [1.807, 2.05) is 0 Å². The predicted octanol–water partition coefficient (Wildman–Crippen LogP) is 2.30. The highest BCUT2D eigenvalue weighted by Crippen LogP contribution is 2.30. The fourth-order valence-electron chi connectivity index (χ4n) is 2.64. The van der Waals surface area contributed by atoms with Crippen molar-refractivity contribution in [1.82, 2.24) is 30.5 Å². The highest BCUT2D eigenvalue weighted by atomic mass is 19.4. The molecule has 12 heteroatoms. The quantitative estimate of drug-likeness (QED) is 0.609. The number of halogens is 4. The lowest BCUT2D eigenvalue weighted by Gasteiger charge is -2.14. The number of carbonyl (C=O) groups excluding carboxylic acids is 1. The zero-order chi connectivity index (χ0) is 22.1. The molecule has 30 heavy (non-hydrogen) atoms. The largest absolute Gasteiger partial charge is 0.453 e. The van der Waals surface area contributed by atoms with Gasteiger partial charge in [0.15, 0.2) is 0 Å². The van der Waals surface area contributed by atoms with E-state index in [2.05, 4.69) is 25.8 Å². The van der Waals surface area contributed by atoms with Crippen LogP contribution in [0.4, 0.5) is 17.6 Å². The third-order valence-electron chi connectivity index (χ3n) is 4.05. The Morgan fingerprint density at radius 1 is 1.27 bits per heavy atom. The van der Waals surface area contributed by atoms with Crippen LogP contribution in [0.2, 0.25) is 0 Å². The van der Waals surface area contributed by atoms with Crippen LogP contribution in [0.5, 0.6) is 0 Å². The average molecular weight is 424 g/mol. The number of pyridine rings is 1. The van der Waals surface area contributed by atoms with E-state index in [1.165, 1.54) is 31.3 Å². The topological polar surface area (TPSA) is 106 Å². The standard InChI is InChI=1S/C18H16F4N6O2/c1-9-3-14(19)15(23-7-9)11-4-12(16(30)24-10(2)8-29)6-13(5-11)28-17(18(20,21)22)25-26-27-28/h3-7,10,29H,8H2,1-2H3,(H,24,30)/t10-/m0/s1. The molecule has 0 aliphatic carbocycles. The fraction of sp³-hybridized carbons (Fsp3) is 0.278. The van der Waals surface area contributed by atoms with Gasteiger partial charge in [-0.3, -0.25) is 9.78 Å². The van der Waals surface area contributed by atoms with Crippen LogP contribution < -0.4 is 5.32 Å². The van der Waals surface area contributed by atoms with Gasteiger partial charge in [0.25, 0.3) is 11.7 Å². The Kier molecular flexibility index (Phi) is 5.78. The van der Waals surface area contributed by atoms with Gasteiger partial charge in [0.05, 0.1) is 12.3 Å². The van der Waals surface area contributed by atoms with Gasteiger partial charge in [-0.1, -0.05) is 0 Å². The summed E-state index contributed by atoms with van der Waals surface area (Å²) in [4.78, 5) is 16.5. The van der Waals surface area contributed by atoms with Gasteiger partial charge in [-0.15, -0.1) is 5.10 Å². The molecular formula is C18H16F4N6O2. The van der Waals surface area contributed by atoms with Gasteiger partial charge in [-0.25, -0.2) is 4.39 Å². The van der Waals surface area contributed by atoms with Crippen LogP contribution in [0.3, 0.4) is 0 Å². The number of nitrogens with one attached hydrogen (secondary N) is 1. The van der Waals surface area contributed by atoms with E-state index in [-0.39, 0.29) is 29.1 Å². The summed E-state index contributed by atoms with van der Waals surface area (Å²) in [6.45, 7) is 2.81. The van der Waals surface area contributed by atoms with Gasteiger partial charge in [0, 0.05) is 23.4 Å². The minimum absolute atomic E-state index is 0.0513. The molecule has 0 unspecified atom stereocenters. The maximum absolute atomic E-state index is 14.5. The van der Waals surface area contributed by atoms with E-state index in [0.29, 0.717) is 10.2 Å². The maximum Gasteiger partial charge on any atom is 0.453 e. The van der Waals surface area contributed by atoms with E-state index in [9.17, 15) is 22.4 Å². The molecule has 0 radical (unpaired) electrons. The zero-order valence-corrected chi connectivity index (χ0v) is 15.8. The number of nitrogens with zero attached hydrogens (tertiary/aromatic N) is 5. The Labute approximate surface area is 167 Å². The molecule has 0 saturated carbocycles. The highest BCUT2D eigenvalue weighted by Gasteiger charge is 2.38. The van der Waals surface area contributed by atoms with Crippen LogP contribution in [-0.2, 0) is 6.18 Å². The van der Waals surface area contributed by atoms with Crippen molar-refractivity contribution >= 4 is 5.91 Å². The maximum atomic E-state index is 14.5. The lowest BCUT2D eigenvalue weighted by Crippen LogP contribution is -2.35. The zero-order valence-electron chi connectivity index (χ0n) is 15.8. The Bertz CT molecular complexity index is 1080. The molecule has 2 aromatic heterocycles. The van der Waals surface area contributed by atoms with Crippen LogP contribution in [0, 0.1) is 12.7 Å². The molecule has 0 bridgehead atoms. The molecule has 2 heterocycles. The second-order valence-electron chi connectivity index (χ2n) is 6.58. The molecule has 0 saturated heterocycles. The van der Waals surface area contributed by atoms with Crippen LogP contribution >= 0.6 is 0 Å². The molecule has 8 nitrogen and oxygen atoms in total. The molecule has 0 fully saturated rings. The lowest BCUT2D eigenvalue weighted by molar-refractivity contribution is -0.146. The van der Waals surface area contributed by atoms with Gasteiger partial charge in [-0.2, -0.15) is 17.9 Å². The fourth-order valence-corrected chi connectivity index (χ4v) is 2.64. The lowest BCUT2D eigenvalue weighted by atomic mass is 10.0. The smallest absolute Gasteiger partial charge is 0.394 e. The van der Waals surface area contributed by atoms with Gasteiger partial charge in [-0.05, 0) is 54.1 Å². The number of tetrazole rings is 1. The van der Waals surface area contributed by atoms with E-state index >= 15 is 0 Å². The third kappa shape index (κ3) is 4.43. The summed E-state index contributed by atoms with van der Waals surface area (Å²) in [5.41, 5.74) is 0.132. The number of benzene rings is 1. The molecule has 0 aliphatic rings. The summed E-state index contributed by atoms with van der Waals surface area (Å²) >= 11 is 0. The van der Waals surface area contributed by atoms with Crippen molar-refractivity contribution in [3.63, 3.8) is 0 Å². The van der Waals surface area contributed by atoms with Gasteiger partial charge in [0.2, 0.25) is 0 Å². The first-order valence-corrected chi connectivity index (χ1v) is 8.65. The molecule has 0 spiro atoms. The first-order chi connectivity index (χ1) is 14.1. The summed E-state index contributed by atoms with van der Waals surface area (Å²) < 4.78 is 54.6. The molecule has 2 N–H and O–H groups in total. The molecule has 158 valence electrons. The minimum atomic E-state index is -4.86. The molecule has 0 aliphatic heterocycles. The number of carbonyl (C=O) groups is 1. The van der Waals surface area contributed by atoms with Crippen molar-refractivity contribution in [2.24, 2.45) is 0 Å². The second-order valence-corrected chi connectivity index (χ2v) is 6.58. The number of aliphatic hydroxyl groups is 1. The van der Waals surface area contributed by atoms with E-state index < -0.39 is 29.8 Å². The SMILES string of the molecule is Cc1cnc(-c2cc(C(=O)N[C@@H](C)CO)cc(-n3nnnc3C(F)(F)F)c2)c(F)c1. The van der Waals surface area contributed by atoms with Crippen molar-refractivity contribution in [2.75, 3.05) is 6.61 Å². The summed E-state index contributed by atoms with van der Waals surface area (Å²) in [5.74, 6) is -2.81. The van der Waals surface area contributed by atoms with Crippen molar-refractivity contribution in [1.29, 1.82) is 0 Å². The summed E-state index contributed by atoms with van der Waals surface area (Å²) in [5, 5.41) is 21.0. The molecule has 1 amide bonds. The number of amides is 1. The molecule has 1 atom stereocenters. The van der Waals surface area contributed by atoms with Crippen LogP contribution in [0.15, 0.2) is 30.5 Å². The number of hydrogen-bond donors (Lipinski definition) is 2. The molecule has 1 aromatic carbocycles. The summed E-state index contributed by atoms with van der Waals surface area (Å²) in [6.07, 6.45) is -3.47. The van der Waals surface area contributed by atoms with Gasteiger partial charge in [0.1, 0.15) is 11.5 Å². The first-order valence-electron chi connectivity index (χ1n) is 8.65. The van der Waals surface area contributed by atoms with Crippen molar-refractivity contribution in [3.05, 3.63) is 53.2 Å². The number of aromatic nitrogens is 5. The van der Waals surface area contributed by atoms with Crippen molar-refractivity contribution in [2.45, 2.75) is 26.1 Å². The van der Waals surface area contributed by atoms with E-state index in [0.717, 1.165) is 6.07 Å². The number of aryl methyl sites for hydroxylation is 1. The molecular weight excluding hydrogens is 408 g/mol. The Balaban J connectivity index is 2.19. The number of rotatable bonds is 5. The van der Waals surface area contributed by atoms with Crippen LogP contribution in [-0.4, -0.2) is 48.9 Å². The molecule has 3 rings (SSSR count). The normalized spacial score (nSPS) is 12.6. The summed E-state index contributed by atoms with van der Waals surface area (Å²) in [7, 11) is 0. The Morgan fingerprint density at radius 2 is 2.00 bits per heavy atom.